The molecule has 0 saturated carbocycles. The second kappa shape index (κ2) is 9.11. The van der Waals surface area contributed by atoms with Crippen molar-refractivity contribution < 1.29 is 4.74 Å². The Balaban J connectivity index is 1.55. The minimum Gasteiger partial charge on any atom is -0.497 e. The summed E-state index contributed by atoms with van der Waals surface area (Å²) in [5, 5.41) is 0. The molecule has 2 aliphatic heterocycles. The van der Waals surface area contributed by atoms with Crippen molar-refractivity contribution in [2.45, 2.75) is 20.3 Å². The van der Waals surface area contributed by atoms with Crippen LogP contribution >= 0.6 is 15.9 Å². The molecule has 3 aliphatic rings. The predicted octanol–water partition coefficient (Wildman–Crippen LogP) is 7.40. The molecule has 2 heterocycles. The first-order valence-corrected chi connectivity index (χ1v) is 12.2. The average Bonchev–Trinajstić information content (AvgIpc) is 3.22. The van der Waals surface area contributed by atoms with Crippen LogP contribution in [0.3, 0.4) is 0 Å². The van der Waals surface area contributed by atoms with Gasteiger partial charge in [0, 0.05) is 34.8 Å². The molecule has 34 heavy (non-hydrogen) atoms. The van der Waals surface area contributed by atoms with Gasteiger partial charge in [0.15, 0.2) is 0 Å². The topological polar surface area (TPSA) is 24.8 Å². The third-order valence-electron chi connectivity index (χ3n) is 6.44. The molecule has 2 bridgehead atoms. The zero-order chi connectivity index (χ0) is 23.8. The van der Waals surface area contributed by atoms with Crippen molar-refractivity contribution in [3.8, 4) is 5.75 Å². The number of hydrogen-bond acceptors (Lipinski definition) is 3. The number of aliphatic imine (C=N–C) groups is 1. The van der Waals surface area contributed by atoms with E-state index in [0.29, 0.717) is 0 Å². The van der Waals surface area contributed by atoms with E-state index in [2.05, 4.69) is 96.4 Å². The number of nitrogens with zero attached hydrogens (tertiary/aromatic N) is 2. The first-order valence-electron chi connectivity index (χ1n) is 11.4. The lowest BCUT2D eigenvalue weighted by Crippen LogP contribution is -2.22. The van der Waals surface area contributed by atoms with Gasteiger partial charge in [-0.1, -0.05) is 45.8 Å². The van der Waals surface area contributed by atoms with E-state index >= 15 is 0 Å². The summed E-state index contributed by atoms with van der Waals surface area (Å²) in [4.78, 5) is 7.24. The van der Waals surface area contributed by atoms with Crippen molar-refractivity contribution in [1.29, 1.82) is 0 Å². The Morgan fingerprint density at radius 2 is 1.76 bits per heavy atom. The lowest BCUT2D eigenvalue weighted by Gasteiger charge is -2.33. The third kappa shape index (κ3) is 4.26. The number of halogens is 1. The van der Waals surface area contributed by atoms with E-state index in [0.717, 1.165) is 33.6 Å². The highest BCUT2D eigenvalue weighted by molar-refractivity contribution is 9.11. The summed E-state index contributed by atoms with van der Waals surface area (Å²) < 4.78 is 6.37. The highest BCUT2D eigenvalue weighted by Gasteiger charge is 2.26. The summed E-state index contributed by atoms with van der Waals surface area (Å²) in [5.41, 5.74) is 11.8. The van der Waals surface area contributed by atoms with Crippen molar-refractivity contribution in [3.63, 3.8) is 0 Å². The summed E-state index contributed by atoms with van der Waals surface area (Å²) in [6, 6.07) is 14.7. The first-order chi connectivity index (χ1) is 16.4. The number of likely N-dealkylation sites (N-methyl/N-ethyl adjacent to an activating group) is 1. The van der Waals surface area contributed by atoms with Crippen LogP contribution in [0.1, 0.15) is 28.7 Å². The van der Waals surface area contributed by atoms with Crippen LogP contribution < -0.4 is 4.74 Å². The normalized spacial score (nSPS) is 18.5. The molecule has 5 rings (SSSR count). The molecule has 2 aromatic carbocycles. The molecular formula is C30H27BrN2O. The zero-order valence-corrected chi connectivity index (χ0v) is 21.5. The van der Waals surface area contributed by atoms with Crippen molar-refractivity contribution in [1.82, 2.24) is 4.90 Å². The number of rotatable bonds is 4. The monoisotopic (exact) mass is 510 g/mol. The fourth-order valence-corrected chi connectivity index (χ4v) is 5.14. The number of fused-ring (bicyclic) bond motifs is 2. The lowest BCUT2D eigenvalue weighted by atomic mass is 9.91. The van der Waals surface area contributed by atoms with E-state index < -0.39 is 0 Å². The SMILES string of the molecule is COc1ccc(C2=N/C(=C\C3=C4C=CC(Br)=CC(=C(c5ccc(C)cc5C)N3C)C4)C=C2)cc1. The van der Waals surface area contributed by atoms with Crippen LogP contribution in [0.25, 0.3) is 5.70 Å². The fourth-order valence-electron chi connectivity index (χ4n) is 4.73. The van der Waals surface area contributed by atoms with Crippen molar-refractivity contribution in [2.75, 3.05) is 14.2 Å². The zero-order valence-electron chi connectivity index (χ0n) is 19.9. The maximum atomic E-state index is 5.28. The Bertz CT molecular complexity index is 1380. The second-order valence-corrected chi connectivity index (χ2v) is 9.74. The second-order valence-electron chi connectivity index (χ2n) is 8.83. The van der Waals surface area contributed by atoms with Crippen LogP contribution in [0.5, 0.6) is 5.75 Å². The summed E-state index contributed by atoms with van der Waals surface area (Å²) >= 11 is 3.72. The van der Waals surface area contributed by atoms with Crippen LogP contribution in [0, 0.1) is 13.8 Å². The molecule has 0 atom stereocenters. The number of ether oxygens (including phenoxy) is 1. The molecule has 3 nitrogen and oxygen atoms in total. The van der Waals surface area contributed by atoms with Gasteiger partial charge in [0.05, 0.1) is 24.2 Å². The minimum absolute atomic E-state index is 0.847. The van der Waals surface area contributed by atoms with Crippen LogP contribution in [-0.4, -0.2) is 24.8 Å². The molecule has 0 amide bonds. The lowest BCUT2D eigenvalue weighted by molar-refractivity contribution is 0.415. The quantitative estimate of drug-likeness (QED) is 0.427. The molecule has 0 saturated heterocycles. The van der Waals surface area contributed by atoms with Gasteiger partial charge in [-0.15, -0.1) is 0 Å². The van der Waals surface area contributed by atoms with Crippen LogP contribution in [0.4, 0.5) is 0 Å². The number of hydrogen-bond donors (Lipinski definition) is 0. The van der Waals surface area contributed by atoms with Crippen molar-refractivity contribution in [3.05, 3.63) is 128 Å². The summed E-state index contributed by atoms with van der Waals surface area (Å²) in [5.74, 6) is 0.847. The smallest absolute Gasteiger partial charge is 0.118 e. The third-order valence-corrected chi connectivity index (χ3v) is 6.93. The Kier molecular flexibility index (Phi) is 6.01. The average molecular weight is 511 g/mol. The Morgan fingerprint density at radius 1 is 0.971 bits per heavy atom. The molecule has 170 valence electrons. The van der Waals surface area contributed by atoms with Gasteiger partial charge in [0.1, 0.15) is 5.75 Å². The van der Waals surface area contributed by atoms with Crippen molar-refractivity contribution in [2.24, 2.45) is 4.99 Å². The number of allylic oxidation sites excluding steroid dienone is 9. The standard InChI is InChI=1S/C30H27BrN2O/c1-19-5-13-27(20(2)15-19)30-23-16-22(6-9-24(31)17-23)29(33(30)3)18-25-10-14-28(32-25)21-7-11-26(34-4)12-8-21/h5-15,17-18H,16H2,1-4H3/b25-18-. The van der Waals surface area contributed by atoms with E-state index in [1.807, 2.05) is 24.3 Å². The van der Waals surface area contributed by atoms with Gasteiger partial charge in [-0.3, -0.25) is 0 Å². The Labute approximate surface area is 210 Å². The number of methoxy groups -OCH3 is 1. The molecule has 0 N–H and O–H groups in total. The van der Waals surface area contributed by atoms with Gasteiger partial charge in [-0.05, 0) is 85.2 Å². The van der Waals surface area contributed by atoms with E-state index in [1.165, 1.54) is 39.2 Å². The van der Waals surface area contributed by atoms with Gasteiger partial charge in [-0.25, -0.2) is 4.99 Å². The van der Waals surface area contributed by atoms with Gasteiger partial charge in [-0.2, -0.15) is 0 Å². The molecule has 4 heteroatoms. The number of benzene rings is 2. The van der Waals surface area contributed by atoms with E-state index in [1.54, 1.807) is 7.11 Å². The highest BCUT2D eigenvalue weighted by Crippen LogP contribution is 2.41. The van der Waals surface area contributed by atoms with Gasteiger partial charge < -0.3 is 9.64 Å². The minimum atomic E-state index is 0.847. The maximum Gasteiger partial charge on any atom is 0.118 e. The van der Waals surface area contributed by atoms with Gasteiger partial charge in [0.25, 0.3) is 0 Å². The van der Waals surface area contributed by atoms with Gasteiger partial charge >= 0.3 is 0 Å². The molecule has 0 unspecified atom stereocenters. The van der Waals surface area contributed by atoms with Crippen molar-refractivity contribution >= 4 is 27.3 Å². The summed E-state index contributed by atoms with van der Waals surface area (Å²) in [6.07, 6.45) is 13.8. The van der Waals surface area contributed by atoms with E-state index in [-0.39, 0.29) is 0 Å². The molecule has 0 spiro atoms. The van der Waals surface area contributed by atoms with Crippen LogP contribution in [-0.2, 0) is 0 Å². The maximum absolute atomic E-state index is 5.28. The number of aryl methyl sites for hydroxylation is 2. The fraction of sp³-hybridized carbons (Fsp3) is 0.167. The summed E-state index contributed by atoms with van der Waals surface area (Å²) in [7, 11) is 3.84. The Morgan fingerprint density at radius 3 is 2.50 bits per heavy atom. The first kappa shape index (κ1) is 22.4. The largest absolute Gasteiger partial charge is 0.497 e. The van der Waals surface area contributed by atoms with Gasteiger partial charge in [0.2, 0.25) is 0 Å². The molecule has 0 radical (unpaired) electrons. The van der Waals surface area contributed by atoms with Crippen LogP contribution in [0.15, 0.2) is 111 Å². The summed E-state index contributed by atoms with van der Waals surface area (Å²) in [6.45, 7) is 4.34. The predicted molar refractivity (Wildman–Crippen MR) is 145 cm³/mol. The Hall–Kier alpha value is -3.37. The highest BCUT2D eigenvalue weighted by atomic mass is 79.9. The van der Waals surface area contributed by atoms with E-state index in [4.69, 9.17) is 9.73 Å². The molecule has 0 aromatic heterocycles. The molecule has 2 aromatic rings. The van der Waals surface area contributed by atoms with E-state index in [9.17, 15) is 0 Å². The molecule has 1 aliphatic carbocycles. The molecule has 0 fully saturated rings. The van der Waals surface area contributed by atoms with Crippen LogP contribution in [0.2, 0.25) is 0 Å². The molecular weight excluding hydrogens is 484 g/mol.